The molecule has 22 heavy (non-hydrogen) atoms. The number of carbonyl (C=O) groups excluding carboxylic acids is 1. The molecule has 0 unspecified atom stereocenters. The van der Waals surface area contributed by atoms with Gasteiger partial charge in [0.15, 0.2) is 11.5 Å². The van der Waals surface area contributed by atoms with Crippen LogP contribution >= 0.6 is 0 Å². The minimum absolute atomic E-state index is 0.264. The molecule has 0 saturated heterocycles. The number of amides is 1. The number of hydrogen-bond donors (Lipinski definition) is 2. The fraction of sp³-hybridized carbons (Fsp3) is 0.188. The van der Waals surface area contributed by atoms with Crippen LogP contribution in [0.5, 0.6) is 11.5 Å². The van der Waals surface area contributed by atoms with Crippen molar-refractivity contribution in [3.8, 4) is 11.5 Å². The van der Waals surface area contributed by atoms with Gasteiger partial charge in [-0.25, -0.2) is 10.1 Å². The average molecular weight is 301 g/mol. The molecule has 6 heteroatoms. The molecule has 0 spiro atoms. The third kappa shape index (κ3) is 2.96. The highest BCUT2D eigenvalue weighted by molar-refractivity contribution is 5.67. The summed E-state index contributed by atoms with van der Waals surface area (Å²) in [7, 11) is 0. The van der Waals surface area contributed by atoms with Gasteiger partial charge >= 0.3 is 12.1 Å². The maximum atomic E-state index is 11.8. The maximum Gasteiger partial charge on any atom is 0.508 e. The summed E-state index contributed by atoms with van der Waals surface area (Å²) in [5.74, 6) is 1.12. The quantitative estimate of drug-likeness (QED) is 0.666. The summed E-state index contributed by atoms with van der Waals surface area (Å²) < 4.78 is 16.6. The van der Waals surface area contributed by atoms with Crippen molar-refractivity contribution in [3.63, 3.8) is 0 Å². The maximum absolute atomic E-state index is 11.8. The molecule has 0 fully saturated rings. The standard InChI is InChI=1S/C16H16N2O4/c1-2-20-15(19)18-16(17-12-8-4-3-5-9-12)21-13-10-6-7-11-14(13)22-16/h3-11,17H,2H2,1H3,(H,18,19)/p+1. The van der Waals surface area contributed by atoms with Gasteiger partial charge in [0, 0.05) is 0 Å². The molecule has 0 saturated carbocycles. The van der Waals surface area contributed by atoms with Crippen LogP contribution in [0.4, 0.5) is 10.5 Å². The molecule has 1 heterocycles. The molecule has 114 valence electrons. The Balaban J connectivity index is 1.86. The summed E-state index contributed by atoms with van der Waals surface area (Å²) in [4.78, 5) is 11.8. The van der Waals surface area contributed by atoms with Gasteiger partial charge in [-0.3, -0.25) is 0 Å². The number of rotatable bonds is 4. The Morgan fingerprint density at radius 1 is 1.09 bits per heavy atom. The molecule has 1 aliphatic rings. The zero-order valence-electron chi connectivity index (χ0n) is 12.1. The van der Waals surface area contributed by atoms with E-state index in [1.807, 2.05) is 42.5 Å². The fourth-order valence-corrected chi connectivity index (χ4v) is 2.19. The lowest BCUT2D eigenvalue weighted by Crippen LogP contribution is -3.00. The third-order valence-corrected chi connectivity index (χ3v) is 3.08. The molecule has 0 aliphatic carbocycles. The Labute approximate surface area is 128 Å². The number of hydrogen-bond acceptors (Lipinski definition) is 4. The Morgan fingerprint density at radius 2 is 1.68 bits per heavy atom. The predicted molar refractivity (Wildman–Crippen MR) is 78.6 cm³/mol. The first kappa shape index (κ1) is 14.2. The normalized spacial score (nSPS) is 14.4. The van der Waals surface area contributed by atoms with Gasteiger partial charge < -0.3 is 14.2 Å². The van der Waals surface area contributed by atoms with Gasteiger partial charge in [0.25, 0.3) is 0 Å². The molecule has 0 bridgehead atoms. The highest BCUT2D eigenvalue weighted by Gasteiger charge is 2.49. The molecule has 1 aliphatic heterocycles. The van der Waals surface area contributed by atoms with Crippen molar-refractivity contribution in [1.82, 2.24) is 5.32 Å². The second-order valence-corrected chi connectivity index (χ2v) is 4.72. The van der Waals surface area contributed by atoms with E-state index < -0.39 is 12.1 Å². The van der Waals surface area contributed by atoms with E-state index in [9.17, 15) is 4.79 Å². The van der Waals surface area contributed by atoms with Crippen molar-refractivity contribution in [1.29, 1.82) is 0 Å². The minimum Gasteiger partial charge on any atom is -0.450 e. The SMILES string of the molecule is CCOC(=O)NC1([NH2+]c2ccccc2)Oc2ccccc2O1. The molecule has 0 aromatic heterocycles. The van der Waals surface area contributed by atoms with Crippen LogP contribution in [0.15, 0.2) is 54.6 Å². The van der Waals surface area contributed by atoms with E-state index in [-0.39, 0.29) is 6.61 Å². The van der Waals surface area contributed by atoms with E-state index in [4.69, 9.17) is 14.2 Å². The first-order chi connectivity index (χ1) is 10.7. The Bertz CT molecular complexity index is 635. The Hall–Kier alpha value is -2.73. The molecular formula is C16H17N2O4+. The van der Waals surface area contributed by atoms with Gasteiger partial charge in [-0.15, -0.1) is 0 Å². The zero-order chi connectivity index (χ0) is 15.4. The molecule has 6 nitrogen and oxygen atoms in total. The smallest absolute Gasteiger partial charge is 0.450 e. The lowest BCUT2D eigenvalue weighted by Gasteiger charge is -2.23. The first-order valence-corrected chi connectivity index (χ1v) is 7.04. The molecule has 0 radical (unpaired) electrons. The summed E-state index contributed by atoms with van der Waals surface area (Å²) in [6.07, 6.45) is -0.609. The number of nitrogens with two attached hydrogens (primary N) is 1. The average Bonchev–Trinajstić information content (AvgIpc) is 2.85. The van der Waals surface area contributed by atoms with Crippen LogP contribution in [-0.2, 0) is 4.74 Å². The van der Waals surface area contributed by atoms with E-state index in [1.165, 1.54) is 0 Å². The number of nitrogens with one attached hydrogen (secondary N) is 1. The second-order valence-electron chi connectivity index (χ2n) is 4.72. The number of benzene rings is 2. The summed E-state index contributed by atoms with van der Waals surface area (Å²) in [5, 5.41) is 4.33. The van der Waals surface area contributed by atoms with E-state index >= 15 is 0 Å². The van der Waals surface area contributed by atoms with Crippen molar-refractivity contribution in [2.24, 2.45) is 0 Å². The van der Waals surface area contributed by atoms with Crippen LogP contribution in [-0.4, -0.2) is 18.7 Å². The molecule has 2 aromatic rings. The van der Waals surface area contributed by atoms with Crippen molar-refractivity contribution in [3.05, 3.63) is 54.6 Å². The summed E-state index contributed by atoms with van der Waals surface area (Å²) in [6.45, 7) is 2.00. The van der Waals surface area contributed by atoms with Crippen molar-refractivity contribution in [2.45, 2.75) is 13.0 Å². The van der Waals surface area contributed by atoms with E-state index in [2.05, 4.69) is 5.32 Å². The topological polar surface area (TPSA) is 73.4 Å². The largest absolute Gasteiger partial charge is 0.508 e. The third-order valence-electron chi connectivity index (χ3n) is 3.08. The van der Waals surface area contributed by atoms with Crippen molar-refractivity contribution >= 4 is 11.8 Å². The van der Waals surface area contributed by atoms with Crippen molar-refractivity contribution < 1.29 is 24.3 Å². The van der Waals surface area contributed by atoms with Gasteiger partial charge in [-0.05, 0) is 31.2 Å². The van der Waals surface area contributed by atoms with Crippen LogP contribution in [0, 0.1) is 0 Å². The van der Waals surface area contributed by atoms with Gasteiger partial charge in [0.1, 0.15) is 5.69 Å². The number of alkyl carbamates (subject to hydrolysis) is 1. The molecule has 3 N–H and O–H groups in total. The van der Waals surface area contributed by atoms with Gasteiger partial charge in [-0.2, -0.15) is 5.32 Å². The van der Waals surface area contributed by atoms with E-state index in [0.717, 1.165) is 5.69 Å². The highest BCUT2D eigenvalue weighted by Crippen LogP contribution is 2.35. The monoisotopic (exact) mass is 301 g/mol. The fourth-order valence-electron chi connectivity index (χ4n) is 2.19. The van der Waals surface area contributed by atoms with Crippen molar-refractivity contribution in [2.75, 3.05) is 6.61 Å². The predicted octanol–water partition coefficient (Wildman–Crippen LogP) is 1.71. The van der Waals surface area contributed by atoms with Gasteiger partial charge in [0.05, 0.1) is 6.61 Å². The van der Waals surface area contributed by atoms with Crippen LogP contribution in [0.1, 0.15) is 6.92 Å². The number of para-hydroxylation sites is 3. The molecular weight excluding hydrogens is 284 g/mol. The second kappa shape index (κ2) is 5.95. The molecule has 3 rings (SSSR count). The molecule has 0 atom stereocenters. The number of fused-ring (bicyclic) bond motifs is 1. The van der Waals surface area contributed by atoms with Crippen LogP contribution in [0.3, 0.4) is 0 Å². The highest BCUT2D eigenvalue weighted by atomic mass is 16.8. The Kier molecular flexibility index (Phi) is 3.84. The Morgan fingerprint density at radius 3 is 2.27 bits per heavy atom. The first-order valence-electron chi connectivity index (χ1n) is 7.04. The summed E-state index contributed by atoms with van der Waals surface area (Å²) in [5.41, 5.74) is 0.854. The van der Waals surface area contributed by atoms with Crippen LogP contribution < -0.4 is 20.1 Å². The minimum atomic E-state index is -1.42. The summed E-state index contributed by atoms with van der Waals surface area (Å²) >= 11 is 0. The van der Waals surface area contributed by atoms with Gasteiger partial charge in [0.2, 0.25) is 0 Å². The van der Waals surface area contributed by atoms with Crippen LogP contribution in [0.25, 0.3) is 0 Å². The lowest BCUT2D eigenvalue weighted by atomic mass is 10.3. The van der Waals surface area contributed by atoms with E-state index in [0.29, 0.717) is 11.5 Å². The van der Waals surface area contributed by atoms with Gasteiger partial charge in [-0.1, -0.05) is 30.3 Å². The van der Waals surface area contributed by atoms with Crippen LogP contribution in [0.2, 0.25) is 0 Å². The lowest BCUT2D eigenvalue weighted by molar-refractivity contribution is -0.737. The summed E-state index contributed by atoms with van der Waals surface area (Å²) in [6, 6.07) is 15.3. The van der Waals surface area contributed by atoms with E-state index in [1.54, 1.807) is 24.4 Å². The zero-order valence-corrected chi connectivity index (χ0v) is 12.1. The molecule has 2 aromatic carbocycles. The number of ether oxygens (including phenoxy) is 3. The number of quaternary nitrogens is 1. The number of carbonyl (C=O) groups is 1. The molecule has 1 amide bonds.